The monoisotopic (exact) mass is 153 g/mol. The van der Waals surface area contributed by atoms with Crippen LogP contribution in [-0.4, -0.2) is 18.1 Å². The molecule has 1 saturated heterocycles. The standard InChI is InChI=1S/C3H6BCl2NO/c5-4(6)3-1-2-7-8-3/h3,7H,1-2H2/t3-/m1/s1. The van der Waals surface area contributed by atoms with Gasteiger partial charge in [0.05, 0.1) is 6.00 Å². The number of hydroxylamine groups is 1. The number of hydrogen-bond donors (Lipinski definition) is 1. The van der Waals surface area contributed by atoms with Crippen molar-refractivity contribution in [3.8, 4) is 0 Å². The van der Waals surface area contributed by atoms with E-state index in [0.717, 1.165) is 13.0 Å². The second-order valence-electron chi connectivity index (χ2n) is 1.67. The third kappa shape index (κ3) is 1.52. The number of hydrogen-bond acceptors (Lipinski definition) is 2. The molecule has 1 N–H and O–H groups in total. The van der Waals surface area contributed by atoms with Crippen LogP contribution < -0.4 is 5.48 Å². The van der Waals surface area contributed by atoms with Crippen molar-refractivity contribution in [1.29, 1.82) is 0 Å². The largest absolute Gasteiger partial charge is 0.382 e. The van der Waals surface area contributed by atoms with Gasteiger partial charge in [0.1, 0.15) is 0 Å². The average molecular weight is 154 g/mol. The molecule has 1 rings (SSSR count). The Hall–Kier alpha value is 0.565. The van der Waals surface area contributed by atoms with Crippen LogP contribution in [0.2, 0.25) is 0 Å². The van der Waals surface area contributed by atoms with Crippen LogP contribution in [0.15, 0.2) is 0 Å². The SMILES string of the molecule is ClB(Cl)[C@H]1CCNO1. The fourth-order valence-corrected chi connectivity index (χ4v) is 0.958. The molecule has 1 heterocycles. The number of halogens is 2. The zero-order valence-electron chi connectivity index (χ0n) is 4.23. The van der Waals surface area contributed by atoms with Crippen LogP contribution >= 0.6 is 22.9 Å². The lowest BCUT2D eigenvalue weighted by molar-refractivity contribution is 0.0771. The lowest BCUT2D eigenvalue weighted by Gasteiger charge is -2.02. The molecule has 2 nitrogen and oxygen atoms in total. The van der Waals surface area contributed by atoms with Gasteiger partial charge in [0.15, 0.2) is 0 Å². The minimum atomic E-state index is -0.398. The normalized spacial score (nSPS) is 28.5. The van der Waals surface area contributed by atoms with Gasteiger partial charge in [-0.3, -0.25) is 0 Å². The highest BCUT2D eigenvalue weighted by Crippen LogP contribution is 2.12. The highest BCUT2D eigenvalue weighted by molar-refractivity contribution is 7.34. The second kappa shape index (κ2) is 2.92. The minimum Gasteiger partial charge on any atom is -0.304 e. The van der Waals surface area contributed by atoms with Gasteiger partial charge < -0.3 is 4.84 Å². The Balaban J connectivity index is 2.24. The van der Waals surface area contributed by atoms with E-state index in [0.29, 0.717) is 0 Å². The molecule has 0 aromatic heterocycles. The fraction of sp³-hybridized carbons (Fsp3) is 1.00. The summed E-state index contributed by atoms with van der Waals surface area (Å²) in [5, 5.41) is 0. The summed E-state index contributed by atoms with van der Waals surface area (Å²) >= 11 is 11.0. The minimum absolute atomic E-state index is 0.0154. The first-order valence-electron chi connectivity index (χ1n) is 2.47. The van der Waals surface area contributed by atoms with Gasteiger partial charge in [0, 0.05) is 6.54 Å². The van der Waals surface area contributed by atoms with E-state index in [2.05, 4.69) is 5.48 Å². The number of nitrogens with one attached hydrogen (secondary N) is 1. The van der Waals surface area contributed by atoms with Gasteiger partial charge in [0.25, 0.3) is 0 Å². The molecule has 0 spiro atoms. The lowest BCUT2D eigenvalue weighted by atomic mass is 9.94. The number of rotatable bonds is 1. The third-order valence-corrected chi connectivity index (χ3v) is 1.61. The van der Waals surface area contributed by atoms with Crippen molar-refractivity contribution in [2.45, 2.75) is 12.4 Å². The van der Waals surface area contributed by atoms with Crippen LogP contribution in [-0.2, 0) is 4.84 Å². The van der Waals surface area contributed by atoms with Crippen molar-refractivity contribution in [3.63, 3.8) is 0 Å². The van der Waals surface area contributed by atoms with Gasteiger partial charge in [-0.1, -0.05) is 0 Å². The molecule has 8 heavy (non-hydrogen) atoms. The predicted octanol–water partition coefficient (Wildman–Crippen LogP) is 0.785. The summed E-state index contributed by atoms with van der Waals surface area (Å²) in [5.74, 6) is 0. The van der Waals surface area contributed by atoms with E-state index in [1.165, 1.54) is 0 Å². The zero-order valence-corrected chi connectivity index (χ0v) is 5.74. The summed E-state index contributed by atoms with van der Waals surface area (Å²) < 4.78 is 0. The molecule has 46 valence electrons. The predicted molar refractivity (Wildman–Crippen MR) is 35.0 cm³/mol. The quantitative estimate of drug-likeness (QED) is 0.563. The van der Waals surface area contributed by atoms with Crippen molar-refractivity contribution >= 4 is 28.5 Å². The Morgan fingerprint density at radius 1 is 1.62 bits per heavy atom. The van der Waals surface area contributed by atoms with Gasteiger partial charge in [-0.25, -0.2) is 5.48 Å². The van der Waals surface area contributed by atoms with Crippen LogP contribution in [0.1, 0.15) is 6.42 Å². The molecular formula is C3H6BCl2NO. The maximum Gasteiger partial charge on any atom is 0.382 e. The molecule has 0 saturated carbocycles. The van der Waals surface area contributed by atoms with E-state index in [9.17, 15) is 0 Å². The van der Waals surface area contributed by atoms with Crippen molar-refractivity contribution in [2.24, 2.45) is 0 Å². The summed E-state index contributed by atoms with van der Waals surface area (Å²) in [7, 11) is 0. The first kappa shape index (κ1) is 6.68. The van der Waals surface area contributed by atoms with Crippen molar-refractivity contribution < 1.29 is 4.84 Å². The summed E-state index contributed by atoms with van der Waals surface area (Å²) in [6.07, 6.45) is 0.900. The van der Waals surface area contributed by atoms with Crippen molar-refractivity contribution in [3.05, 3.63) is 0 Å². The van der Waals surface area contributed by atoms with E-state index in [1.54, 1.807) is 0 Å². The van der Waals surface area contributed by atoms with Crippen LogP contribution in [0.4, 0.5) is 0 Å². The van der Waals surface area contributed by atoms with Gasteiger partial charge >= 0.3 is 5.54 Å². The molecule has 1 fully saturated rings. The van der Waals surface area contributed by atoms with Crippen molar-refractivity contribution in [2.75, 3.05) is 6.54 Å². The topological polar surface area (TPSA) is 21.3 Å². The highest BCUT2D eigenvalue weighted by Gasteiger charge is 2.26. The van der Waals surface area contributed by atoms with E-state index in [1.807, 2.05) is 0 Å². The Morgan fingerprint density at radius 3 is 2.62 bits per heavy atom. The fourth-order valence-electron chi connectivity index (χ4n) is 0.603. The average Bonchev–Trinajstić information content (AvgIpc) is 2.12. The molecule has 1 aliphatic rings. The van der Waals surface area contributed by atoms with Crippen LogP contribution in [0.5, 0.6) is 0 Å². The molecule has 0 bridgehead atoms. The van der Waals surface area contributed by atoms with Gasteiger partial charge in [-0.2, -0.15) is 22.9 Å². The zero-order chi connectivity index (χ0) is 5.98. The summed E-state index contributed by atoms with van der Waals surface area (Å²) in [6.45, 7) is 0.848. The van der Waals surface area contributed by atoms with E-state index in [4.69, 9.17) is 27.8 Å². The first-order valence-corrected chi connectivity index (χ1v) is 3.34. The van der Waals surface area contributed by atoms with Crippen molar-refractivity contribution in [1.82, 2.24) is 5.48 Å². The first-order chi connectivity index (χ1) is 3.80. The highest BCUT2D eigenvalue weighted by atomic mass is 35.5. The third-order valence-electron chi connectivity index (χ3n) is 1.05. The maximum atomic E-state index is 5.48. The second-order valence-corrected chi connectivity index (χ2v) is 2.84. The maximum absolute atomic E-state index is 5.48. The Bertz CT molecular complexity index is 75.7. The molecule has 1 aliphatic heterocycles. The molecule has 1 atom stereocenters. The van der Waals surface area contributed by atoms with Crippen LogP contribution in [0, 0.1) is 0 Å². The molecule has 0 amide bonds. The Morgan fingerprint density at radius 2 is 2.38 bits per heavy atom. The summed E-state index contributed by atoms with van der Waals surface area (Å²) in [5.41, 5.74) is 2.29. The van der Waals surface area contributed by atoms with Crippen LogP contribution in [0.25, 0.3) is 0 Å². The van der Waals surface area contributed by atoms with Gasteiger partial charge in [-0.15, -0.1) is 0 Å². The summed E-state index contributed by atoms with van der Waals surface area (Å²) in [6, 6.07) is -0.0154. The van der Waals surface area contributed by atoms with E-state index < -0.39 is 5.54 Å². The molecule has 0 aromatic carbocycles. The Labute approximate surface area is 58.3 Å². The molecule has 0 aromatic rings. The van der Waals surface area contributed by atoms with Gasteiger partial charge in [0.2, 0.25) is 0 Å². The molecule has 5 heteroatoms. The van der Waals surface area contributed by atoms with E-state index >= 15 is 0 Å². The van der Waals surface area contributed by atoms with Gasteiger partial charge in [-0.05, 0) is 6.42 Å². The molecule has 0 unspecified atom stereocenters. The molecule has 0 aliphatic carbocycles. The molecule has 0 radical (unpaired) electrons. The lowest BCUT2D eigenvalue weighted by Crippen LogP contribution is -2.20. The Kier molecular flexibility index (Phi) is 2.44. The summed E-state index contributed by atoms with van der Waals surface area (Å²) in [4.78, 5) is 4.90. The van der Waals surface area contributed by atoms with E-state index in [-0.39, 0.29) is 6.00 Å². The smallest absolute Gasteiger partial charge is 0.304 e. The molecular weight excluding hydrogens is 148 g/mol. The van der Waals surface area contributed by atoms with Crippen LogP contribution in [0.3, 0.4) is 0 Å².